The number of nitrogens with zero attached hydrogens (tertiary/aromatic N) is 5. The molecule has 0 saturated carbocycles. The van der Waals surface area contributed by atoms with Gasteiger partial charge in [0.1, 0.15) is 5.75 Å². The molecular formula is C39H44Cl2N8O4. The van der Waals surface area contributed by atoms with Gasteiger partial charge in [-0.25, -0.2) is 4.98 Å². The van der Waals surface area contributed by atoms with Crippen LogP contribution in [-0.2, 0) is 36.1 Å². The average molecular weight is 760 g/mol. The third-order valence-electron chi connectivity index (χ3n) is 10.4. The average Bonchev–Trinajstić information content (AvgIpc) is 3.74. The molecule has 5 heterocycles. The minimum Gasteiger partial charge on any atom is -0.496 e. The molecule has 7 rings (SSSR count). The van der Waals surface area contributed by atoms with Crippen LogP contribution in [0.15, 0.2) is 48.7 Å². The van der Waals surface area contributed by atoms with E-state index in [1.165, 1.54) is 6.42 Å². The van der Waals surface area contributed by atoms with Crippen molar-refractivity contribution in [1.29, 1.82) is 0 Å². The molecule has 53 heavy (non-hydrogen) atoms. The van der Waals surface area contributed by atoms with Gasteiger partial charge in [0, 0.05) is 79.7 Å². The number of carbonyl (C=O) groups is 3. The minimum absolute atomic E-state index is 0.0938. The highest BCUT2D eigenvalue weighted by molar-refractivity contribution is 6.39. The summed E-state index contributed by atoms with van der Waals surface area (Å²) < 4.78 is 7.53. The van der Waals surface area contributed by atoms with Crippen LogP contribution < -0.4 is 20.7 Å². The molecule has 0 aliphatic carbocycles. The number of hydrogen-bond acceptors (Lipinski definition) is 8. The molecule has 0 spiro atoms. The van der Waals surface area contributed by atoms with Gasteiger partial charge in [-0.3, -0.25) is 24.3 Å². The van der Waals surface area contributed by atoms with Gasteiger partial charge in [0.05, 0.1) is 47.3 Å². The Morgan fingerprint density at radius 2 is 1.83 bits per heavy atom. The first-order valence-corrected chi connectivity index (χ1v) is 18.9. The van der Waals surface area contributed by atoms with Crippen molar-refractivity contribution >= 4 is 46.6 Å². The molecule has 14 heteroatoms. The number of rotatable bonds is 11. The minimum atomic E-state index is -0.400. The lowest BCUT2D eigenvalue weighted by molar-refractivity contribution is -0.133. The van der Waals surface area contributed by atoms with E-state index in [-0.39, 0.29) is 23.7 Å². The first-order valence-electron chi connectivity index (χ1n) is 18.2. The summed E-state index contributed by atoms with van der Waals surface area (Å²) in [6.45, 7) is 4.58. The zero-order valence-corrected chi connectivity index (χ0v) is 31.5. The lowest BCUT2D eigenvalue weighted by atomic mass is 10.0. The first kappa shape index (κ1) is 36.9. The number of benzene rings is 2. The van der Waals surface area contributed by atoms with Crippen LogP contribution >= 0.6 is 23.2 Å². The third kappa shape index (κ3) is 8.06. The highest BCUT2D eigenvalue weighted by atomic mass is 35.5. The fraction of sp³-hybridized carbons (Fsp3) is 0.410. The zero-order valence-electron chi connectivity index (χ0n) is 30.0. The summed E-state index contributed by atoms with van der Waals surface area (Å²) in [7, 11) is 3.45. The molecule has 12 nitrogen and oxygen atoms in total. The number of amides is 3. The van der Waals surface area contributed by atoms with Crippen molar-refractivity contribution in [3.8, 4) is 28.1 Å². The molecule has 2 saturated heterocycles. The van der Waals surface area contributed by atoms with E-state index in [4.69, 9.17) is 32.9 Å². The molecular weight excluding hydrogens is 715 g/mol. The Morgan fingerprint density at radius 3 is 2.60 bits per heavy atom. The van der Waals surface area contributed by atoms with E-state index in [1.54, 1.807) is 25.4 Å². The molecule has 2 aromatic carbocycles. The van der Waals surface area contributed by atoms with Crippen LogP contribution in [0, 0.1) is 0 Å². The quantitative estimate of drug-likeness (QED) is 0.184. The van der Waals surface area contributed by atoms with Crippen molar-refractivity contribution in [2.45, 2.75) is 57.7 Å². The van der Waals surface area contributed by atoms with Crippen LogP contribution in [0.2, 0.25) is 10.0 Å². The van der Waals surface area contributed by atoms with E-state index in [2.05, 4.69) is 25.8 Å². The number of fused-ring (bicyclic) bond motifs is 1. The molecule has 2 fully saturated rings. The fourth-order valence-electron chi connectivity index (χ4n) is 7.47. The summed E-state index contributed by atoms with van der Waals surface area (Å²) in [5.41, 5.74) is 5.69. The van der Waals surface area contributed by atoms with Gasteiger partial charge in [-0.1, -0.05) is 53.9 Å². The Labute approximate surface area is 319 Å². The van der Waals surface area contributed by atoms with E-state index < -0.39 is 5.91 Å². The van der Waals surface area contributed by atoms with E-state index in [0.717, 1.165) is 54.9 Å². The molecule has 0 radical (unpaired) electrons. The monoisotopic (exact) mass is 758 g/mol. The largest absolute Gasteiger partial charge is 0.496 e. The Hall–Kier alpha value is -4.49. The van der Waals surface area contributed by atoms with Gasteiger partial charge in [0.2, 0.25) is 11.8 Å². The molecule has 3 aliphatic heterocycles. The van der Waals surface area contributed by atoms with Crippen LogP contribution in [0.1, 0.15) is 59.7 Å². The van der Waals surface area contributed by atoms with Gasteiger partial charge in [-0.15, -0.1) is 0 Å². The van der Waals surface area contributed by atoms with Crippen molar-refractivity contribution in [3.05, 3.63) is 81.5 Å². The van der Waals surface area contributed by atoms with Crippen LogP contribution in [0.5, 0.6) is 5.75 Å². The Bertz CT molecular complexity index is 2030. The van der Waals surface area contributed by atoms with E-state index in [1.807, 2.05) is 46.8 Å². The molecule has 2 aromatic heterocycles. The van der Waals surface area contributed by atoms with Crippen molar-refractivity contribution in [1.82, 2.24) is 35.0 Å². The number of piperidine rings is 1. The summed E-state index contributed by atoms with van der Waals surface area (Å²) in [4.78, 5) is 51.7. The lowest BCUT2D eigenvalue weighted by Crippen LogP contribution is -2.44. The summed E-state index contributed by atoms with van der Waals surface area (Å²) in [5, 5.41) is 10.1. The predicted molar refractivity (Wildman–Crippen MR) is 205 cm³/mol. The number of carbonyl (C=O) groups excluding carboxylic acids is 3. The van der Waals surface area contributed by atoms with Crippen LogP contribution in [0.4, 0.5) is 5.69 Å². The maximum Gasteiger partial charge on any atom is 0.291 e. The number of pyridine rings is 1. The lowest BCUT2D eigenvalue weighted by Gasteiger charge is -2.31. The molecule has 0 unspecified atom stereocenters. The number of aromatic nitrogens is 3. The number of hydrogen-bond donors (Lipinski definition) is 3. The van der Waals surface area contributed by atoms with Crippen molar-refractivity contribution in [2.75, 3.05) is 45.2 Å². The number of likely N-dealkylation sites (tertiary alicyclic amines) is 1. The highest BCUT2D eigenvalue weighted by Gasteiger charge is 2.29. The summed E-state index contributed by atoms with van der Waals surface area (Å²) in [6.07, 6.45) is 7.19. The normalized spacial score (nSPS) is 17.4. The summed E-state index contributed by atoms with van der Waals surface area (Å²) >= 11 is 14.0. The topological polar surface area (TPSA) is 134 Å². The maximum absolute atomic E-state index is 13.7. The number of halogens is 2. The molecule has 3 N–H and O–H groups in total. The third-order valence-corrected chi connectivity index (χ3v) is 11.2. The summed E-state index contributed by atoms with van der Waals surface area (Å²) in [5.74, 6) is 0.736. The Morgan fingerprint density at radius 1 is 1.02 bits per heavy atom. The SMILES string of the molecule is COc1cc(-c2nccc(-c3cccc(NC(=O)c4nc5c(n4C)CCN(C(=O)CN4CCCCC4)C5)c3Cl)c2Cl)ccc1CNC[C@@H]1CCC(=O)N1. The smallest absolute Gasteiger partial charge is 0.291 e. The molecule has 3 aliphatic rings. The van der Waals surface area contributed by atoms with Gasteiger partial charge >= 0.3 is 0 Å². The van der Waals surface area contributed by atoms with Crippen molar-refractivity contribution in [3.63, 3.8) is 0 Å². The van der Waals surface area contributed by atoms with Gasteiger partial charge in [0.25, 0.3) is 5.91 Å². The molecule has 278 valence electrons. The number of imidazole rings is 1. The number of nitrogens with one attached hydrogen (secondary N) is 3. The first-order chi connectivity index (χ1) is 25.7. The molecule has 3 amide bonds. The van der Waals surface area contributed by atoms with Crippen molar-refractivity contribution < 1.29 is 19.1 Å². The van der Waals surface area contributed by atoms with E-state index in [9.17, 15) is 14.4 Å². The number of ether oxygens (including phenoxy) is 1. The van der Waals surface area contributed by atoms with Gasteiger partial charge in [-0.2, -0.15) is 0 Å². The van der Waals surface area contributed by atoms with Gasteiger partial charge in [-0.05, 0) is 50.6 Å². The summed E-state index contributed by atoms with van der Waals surface area (Å²) in [6, 6.07) is 13.1. The molecule has 4 aromatic rings. The second-order valence-electron chi connectivity index (χ2n) is 13.9. The second kappa shape index (κ2) is 16.3. The predicted octanol–water partition coefficient (Wildman–Crippen LogP) is 5.46. The zero-order chi connectivity index (χ0) is 37.1. The molecule has 0 bridgehead atoms. The van der Waals surface area contributed by atoms with Crippen LogP contribution in [0.3, 0.4) is 0 Å². The Balaban J connectivity index is 1.05. The van der Waals surface area contributed by atoms with Gasteiger partial charge in [0.15, 0.2) is 5.82 Å². The Kier molecular flexibility index (Phi) is 11.3. The molecule has 1 atom stereocenters. The maximum atomic E-state index is 13.7. The van der Waals surface area contributed by atoms with Crippen molar-refractivity contribution in [2.24, 2.45) is 7.05 Å². The van der Waals surface area contributed by atoms with Crippen LogP contribution in [-0.4, -0.2) is 87.9 Å². The number of methoxy groups -OCH3 is 1. The highest BCUT2D eigenvalue weighted by Crippen LogP contribution is 2.41. The van der Waals surface area contributed by atoms with Gasteiger partial charge < -0.3 is 30.2 Å². The standard InChI is InChI=1S/C39H44Cl2N8O4/c1-47-31-14-18-49(34(51)23-48-16-4-3-5-17-48)22-30(31)45-38(47)39(52)46-29-8-6-7-27(35(29)40)28-13-15-43-37(36(28)41)24-9-10-25(32(19-24)53-2)20-42-21-26-11-12-33(50)44-26/h6-10,13,15,19,26,42H,3-5,11-12,14,16-18,20-23H2,1-2H3,(H,44,50)(H,46,52)/t26-/m0/s1. The fourth-order valence-corrected chi connectivity index (χ4v) is 8.07. The number of anilines is 1. The van der Waals surface area contributed by atoms with Crippen LogP contribution in [0.25, 0.3) is 22.4 Å². The second-order valence-corrected chi connectivity index (χ2v) is 14.6. The van der Waals surface area contributed by atoms with E-state index >= 15 is 0 Å². The van der Waals surface area contributed by atoms with E-state index in [0.29, 0.717) is 83.9 Å².